The molecule has 4 nitrogen and oxygen atoms in total. The highest BCUT2D eigenvalue weighted by Gasteiger charge is 2.19. The first kappa shape index (κ1) is 22.0. The van der Waals surface area contributed by atoms with Crippen LogP contribution in [0.4, 0.5) is 0 Å². The molecule has 2 aliphatic rings. The van der Waals surface area contributed by atoms with Crippen LogP contribution in [0.15, 0.2) is 4.99 Å². The molecule has 0 aromatic carbocycles. The van der Waals surface area contributed by atoms with Crippen LogP contribution in [0.3, 0.4) is 0 Å². The molecule has 24 heavy (non-hydrogen) atoms. The van der Waals surface area contributed by atoms with E-state index in [0.29, 0.717) is 0 Å². The average Bonchev–Trinajstić information content (AvgIpc) is 2.57. The van der Waals surface area contributed by atoms with Crippen molar-refractivity contribution in [2.45, 2.75) is 58.3 Å². The lowest BCUT2D eigenvalue weighted by Crippen LogP contribution is -2.41. The fourth-order valence-corrected chi connectivity index (χ4v) is 4.11. The minimum atomic E-state index is 0. The van der Waals surface area contributed by atoms with Crippen molar-refractivity contribution in [1.29, 1.82) is 0 Å². The van der Waals surface area contributed by atoms with Gasteiger partial charge in [0, 0.05) is 40.4 Å². The van der Waals surface area contributed by atoms with Crippen molar-refractivity contribution in [2.24, 2.45) is 22.7 Å². The highest BCUT2D eigenvalue weighted by molar-refractivity contribution is 14.0. The van der Waals surface area contributed by atoms with Crippen LogP contribution in [0.1, 0.15) is 58.3 Å². The summed E-state index contributed by atoms with van der Waals surface area (Å²) in [6.07, 6.45) is 10.7. The van der Waals surface area contributed by atoms with E-state index in [-0.39, 0.29) is 24.0 Å². The summed E-state index contributed by atoms with van der Waals surface area (Å²) in [7, 11) is 4.06. The summed E-state index contributed by atoms with van der Waals surface area (Å²) in [4.78, 5) is 6.75. The molecule has 5 heteroatoms. The van der Waals surface area contributed by atoms with E-state index in [1.54, 1.807) is 0 Å². The van der Waals surface area contributed by atoms with E-state index in [9.17, 15) is 0 Å². The Kier molecular flexibility index (Phi) is 11.3. The first-order valence-corrected chi connectivity index (χ1v) is 9.68. The Hall–Kier alpha value is -0.0400. The topological polar surface area (TPSA) is 36.9 Å². The second-order valence-corrected chi connectivity index (χ2v) is 7.67. The van der Waals surface area contributed by atoms with Gasteiger partial charge in [-0.1, -0.05) is 26.2 Å². The number of rotatable bonds is 6. The van der Waals surface area contributed by atoms with Gasteiger partial charge in [-0.15, -0.1) is 24.0 Å². The zero-order valence-electron chi connectivity index (χ0n) is 15.9. The lowest BCUT2D eigenvalue weighted by molar-refractivity contribution is 0.0625. The van der Waals surface area contributed by atoms with Gasteiger partial charge in [0.2, 0.25) is 0 Å². The second kappa shape index (κ2) is 12.3. The predicted octanol–water partition coefficient (Wildman–Crippen LogP) is 4.14. The molecule has 1 saturated heterocycles. The first-order valence-electron chi connectivity index (χ1n) is 9.68. The number of halogens is 1. The van der Waals surface area contributed by atoms with Gasteiger partial charge in [0.05, 0.1) is 0 Å². The van der Waals surface area contributed by atoms with Crippen molar-refractivity contribution in [3.63, 3.8) is 0 Å². The van der Waals surface area contributed by atoms with Crippen LogP contribution >= 0.6 is 24.0 Å². The molecule has 1 saturated carbocycles. The zero-order valence-corrected chi connectivity index (χ0v) is 18.3. The Balaban J connectivity index is 0.00000288. The second-order valence-electron chi connectivity index (χ2n) is 7.67. The van der Waals surface area contributed by atoms with Gasteiger partial charge in [0.25, 0.3) is 0 Å². The summed E-state index contributed by atoms with van der Waals surface area (Å²) in [6, 6.07) is 0. The van der Waals surface area contributed by atoms with E-state index in [2.05, 4.69) is 29.2 Å². The number of guanidine groups is 1. The van der Waals surface area contributed by atoms with Gasteiger partial charge in [-0.05, 0) is 49.9 Å². The van der Waals surface area contributed by atoms with Gasteiger partial charge in [0.15, 0.2) is 5.96 Å². The average molecular weight is 451 g/mol. The molecule has 1 aliphatic heterocycles. The van der Waals surface area contributed by atoms with Gasteiger partial charge in [-0.25, -0.2) is 0 Å². The molecule has 2 atom stereocenters. The summed E-state index contributed by atoms with van der Waals surface area (Å²) in [6.45, 7) is 6.45. The molecule has 142 valence electrons. The van der Waals surface area contributed by atoms with Crippen LogP contribution in [0.25, 0.3) is 0 Å². The number of hydrogen-bond acceptors (Lipinski definition) is 2. The van der Waals surface area contributed by atoms with Crippen molar-refractivity contribution < 1.29 is 4.74 Å². The van der Waals surface area contributed by atoms with Crippen molar-refractivity contribution in [1.82, 2.24) is 10.2 Å². The summed E-state index contributed by atoms with van der Waals surface area (Å²) in [5, 5.41) is 3.57. The standard InChI is InChI=1S/C19H37N3O.HI/c1-16-5-4-6-18(15-16)7-11-21-19(20-2)22(3)12-8-17-9-13-23-14-10-17;/h16-18H,4-15H2,1-3H3,(H,20,21);1H. The number of ether oxygens (including phenoxy) is 1. The Labute approximate surface area is 166 Å². The maximum atomic E-state index is 5.44. The van der Waals surface area contributed by atoms with E-state index in [1.165, 1.54) is 51.4 Å². The van der Waals surface area contributed by atoms with Gasteiger partial charge in [0.1, 0.15) is 0 Å². The highest BCUT2D eigenvalue weighted by Crippen LogP contribution is 2.30. The number of nitrogens with zero attached hydrogens (tertiary/aromatic N) is 2. The minimum Gasteiger partial charge on any atom is -0.381 e. The molecule has 2 fully saturated rings. The summed E-state index contributed by atoms with van der Waals surface area (Å²) in [5.74, 6) is 3.72. The molecule has 1 aliphatic carbocycles. The summed E-state index contributed by atoms with van der Waals surface area (Å²) in [5.41, 5.74) is 0. The third-order valence-electron chi connectivity index (χ3n) is 5.67. The van der Waals surface area contributed by atoms with Crippen LogP contribution in [0.5, 0.6) is 0 Å². The van der Waals surface area contributed by atoms with Gasteiger partial charge < -0.3 is 15.0 Å². The Morgan fingerprint density at radius 3 is 2.54 bits per heavy atom. The van der Waals surface area contributed by atoms with E-state index in [0.717, 1.165) is 50.0 Å². The quantitative estimate of drug-likeness (QED) is 0.375. The molecular weight excluding hydrogens is 413 g/mol. The molecular formula is C19H38IN3O. The van der Waals surface area contributed by atoms with Crippen molar-refractivity contribution in [3.8, 4) is 0 Å². The maximum absolute atomic E-state index is 5.44. The van der Waals surface area contributed by atoms with Crippen LogP contribution in [-0.2, 0) is 4.74 Å². The van der Waals surface area contributed by atoms with Crippen molar-refractivity contribution >= 4 is 29.9 Å². The molecule has 0 bridgehead atoms. The lowest BCUT2D eigenvalue weighted by atomic mass is 9.81. The molecule has 1 N–H and O–H groups in total. The Morgan fingerprint density at radius 2 is 1.88 bits per heavy atom. The molecule has 2 unspecified atom stereocenters. The number of aliphatic imine (C=N–C) groups is 1. The summed E-state index contributed by atoms with van der Waals surface area (Å²) < 4.78 is 5.44. The fraction of sp³-hybridized carbons (Fsp3) is 0.947. The maximum Gasteiger partial charge on any atom is 0.193 e. The van der Waals surface area contributed by atoms with Crippen LogP contribution in [-0.4, -0.2) is 51.3 Å². The summed E-state index contributed by atoms with van der Waals surface area (Å²) >= 11 is 0. The van der Waals surface area contributed by atoms with Crippen LogP contribution < -0.4 is 5.32 Å². The Morgan fingerprint density at radius 1 is 1.12 bits per heavy atom. The van der Waals surface area contributed by atoms with E-state index in [1.807, 2.05) is 7.05 Å². The molecule has 0 aromatic heterocycles. The van der Waals surface area contributed by atoms with E-state index < -0.39 is 0 Å². The smallest absolute Gasteiger partial charge is 0.193 e. The van der Waals surface area contributed by atoms with Crippen molar-refractivity contribution in [3.05, 3.63) is 0 Å². The largest absolute Gasteiger partial charge is 0.381 e. The normalized spacial score (nSPS) is 25.9. The molecule has 0 radical (unpaired) electrons. The SMILES string of the molecule is CN=C(NCCC1CCCC(C)C1)N(C)CCC1CCOCC1.I. The number of hydrogen-bond donors (Lipinski definition) is 1. The van der Waals surface area contributed by atoms with Gasteiger partial charge in [-0.3, -0.25) is 4.99 Å². The van der Waals surface area contributed by atoms with Gasteiger partial charge >= 0.3 is 0 Å². The van der Waals surface area contributed by atoms with E-state index in [4.69, 9.17) is 4.74 Å². The fourth-order valence-electron chi connectivity index (χ4n) is 4.11. The molecule has 0 spiro atoms. The molecule has 2 rings (SSSR count). The lowest BCUT2D eigenvalue weighted by Gasteiger charge is -2.29. The van der Waals surface area contributed by atoms with Crippen LogP contribution in [0, 0.1) is 17.8 Å². The number of nitrogens with one attached hydrogen (secondary N) is 1. The minimum absolute atomic E-state index is 0. The Bertz CT molecular complexity index is 359. The molecule has 0 aromatic rings. The molecule has 1 heterocycles. The van der Waals surface area contributed by atoms with Crippen LogP contribution in [0.2, 0.25) is 0 Å². The zero-order chi connectivity index (χ0) is 16.5. The van der Waals surface area contributed by atoms with Gasteiger partial charge in [-0.2, -0.15) is 0 Å². The third-order valence-corrected chi connectivity index (χ3v) is 5.67. The van der Waals surface area contributed by atoms with Crippen molar-refractivity contribution in [2.75, 3.05) is 40.4 Å². The first-order chi connectivity index (χ1) is 11.2. The third kappa shape index (κ3) is 7.89. The van der Waals surface area contributed by atoms with E-state index >= 15 is 0 Å². The predicted molar refractivity (Wildman–Crippen MR) is 113 cm³/mol. The molecule has 0 amide bonds. The monoisotopic (exact) mass is 451 g/mol. The highest BCUT2D eigenvalue weighted by atomic mass is 127.